The van der Waals surface area contributed by atoms with E-state index in [-0.39, 0.29) is 24.5 Å². The van der Waals surface area contributed by atoms with Crippen LogP contribution in [0.25, 0.3) is 0 Å². The number of nitrogens with one attached hydrogen (secondary N) is 2. The van der Waals surface area contributed by atoms with Crippen LogP contribution in [0.2, 0.25) is 0 Å². The van der Waals surface area contributed by atoms with Crippen molar-refractivity contribution in [3.05, 3.63) is 0 Å². The Balaban J connectivity index is 1.34. The zero-order valence-corrected chi connectivity index (χ0v) is 14.1. The van der Waals surface area contributed by atoms with E-state index in [9.17, 15) is 9.59 Å². The van der Waals surface area contributed by atoms with Gasteiger partial charge in [0.1, 0.15) is 0 Å². The SMILES string of the molecule is O=C(NCC(=O)N1CCCCC1)N[C@H]1CCN(C2CCCC2)C1. The lowest BCUT2D eigenvalue weighted by Gasteiger charge is -2.27. The maximum absolute atomic E-state index is 12.0. The van der Waals surface area contributed by atoms with Gasteiger partial charge in [-0.2, -0.15) is 0 Å². The van der Waals surface area contributed by atoms with Crippen LogP contribution in [0.4, 0.5) is 4.79 Å². The van der Waals surface area contributed by atoms with Gasteiger partial charge < -0.3 is 15.5 Å². The molecule has 0 spiro atoms. The topological polar surface area (TPSA) is 64.7 Å². The lowest BCUT2D eigenvalue weighted by Crippen LogP contribution is -2.48. The first kappa shape index (κ1) is 16.6. The first-order chi connectivity index (χ1) is 11.2. The number of carbonyl (C=O) groups excluding carboxylic acids is 2. The highest BCUT2D eigenvalue weighted by Crippen LogP contribution is 2.26. The van der Waals surface area contributed by atoms with Gasteiger partial charge in [-0.3, -0.25) is 9.69 Å². The highest BCUT2D eigenvalue weighted by molar-refractivity contribution is 5.84. The van der Waals surface area contributed by atoms with Gasteiger partial charge in [-0.25, -0.2) is 4.79 Å². The highest BCUT2D eigenvalue weighted by Gasteiger charge is 2.30. The maximum Gasteiger partial charge on any atom is 0.315 e. The quantitative estimate of drug-likeness (QED) is 0.820. The van der Waals surface area contributed by atoms with Gasteiger partial charge in [0.25, 0.3) is 0 Å². The van der Waals surface area contributed by atoms with Crippen LogP contribution in [-0.4, -0.2) is 66.5 Å². The molecule has 1 atom stereocenters. The largest absolute Gasteiger partial charge is 0.341 e. The molecular weight excluding hydrogens is 292 g/mol. The zero-order valence-electron chi connectivity index (χ0n) is 14.1. The summed E-state index contributed by atoms with van der Waals surface area (Å²) in [5.41, 5.74) is 0. The molecule has 0 bridgehead atoms. The third kappa shape index (κ3) is 4.59. The van der Waals surface area contributed by atoms with E-state index in [2.05, 4.69) is 15.5 Å². The van der Waals surface area contributed by atoms with Crippen molar-refractivity contribution < 1.29 is 9.59 Å². The molecule has 130 valence electrons. The second kappa shape index (κ2) is 7.99. The number of hydrogen-bond acceptors (Lipinski definition) is 3. The second-order valence-electron chi connectivity index (χ2n) is 7.19. The molecule has 3 fully saturated rings. The Morgan fingerprint density at radius 3 is 2.39 bits per heavy atom. The number of piperidine rings is 1. The molecule has 0 aromatic carbocycles. The Labute approximate surface area is 139 Å². The Morgan fingerprint density at radius 2 is 1.65 bits per heavy atom. The number of hydrogen-bond donors (Lipinski definition) is 2. The first-order valence-electron chi connectivity index (χ1n) is 9.28. The molecule has 6 heteroatoms. The van der Waals surface area contributed by atoms with Crippen molar-refractivity contribution in [1.29, 1.82) is 0 Å². The Morgan fingerprint density at radius 1 is 0.913 bits per heavy atom. The van der Waals surface area contributed by atoms with Crippen LogP contribution in [0.1, 0.15) is 51.4 Å². The molecule has 0 unspecified atom stereocenters. The number of nitrogens with zero attached hydrogens (tertiary/aromatic N) is 2. The summed E-state index contributed by atoms with van der Waals surface area (Å²) in [6.45, 7) is 3.83. The molecule has 0 aromatic heterocycles. The molecular formula is C17H30N4O2. The van der Waals surface area contributed by atoms with E-state index < -0.39 is 0 Å². The average molecular weight is 322 g/mol. The molecule has 23 heavy (non-hydrogen) atoms. The van der Waals surface area contributed by atoms with Gasteiger partial charge in [-0.15, -0.1) is 0 Å². The predicted molar refractivity (Wildman–Crippen MR) is 89.2 cm³/mol. The van der Waals surface area contributed by atoms with Crippen LogP contribution in [0.15, 0.2) is 0 Å². The molecule has 3 amide bonds. The molecule has 0 radical (unpaired) electrons. The van der Waals surface area contributed by atoms with Crippen molar-refractivity contribution in [2.75, 3.05) is 32.7 Å². The van der Waals surface area contributed by atoms with Gasteiger partial charge in [-0.1, -0.05) is 12.8 Å². The summed E-state index contributed by atoms with van der Waals surface area (Å²) < 4.78 is 0. The lowest BCUT2D eigenvalue weighted by molar-refractivity contribution is -0.130. The van der Waals surface area contributed by atoms with Crippen LogP contribution < -0.4 is 10.6 Å². The normalized spacial score (nSPS) is 26.4. The Kier molecular flexibility index (Phi) is 5.75. The van der Waals surface area contributed by atoms with Crippen LogP contribution in [0, 0.1) is 0 Å². The molecule has 0 aromatic rings. The second-order valence-corrected chi connectivity index (χ2v) is 7.19. The van der Waals surface area contributed by atoms with Gasteiger partial charge in [0.05, 0.1) is 6.54 Å². The highest BCUT2D eigenvalue weighted by atomic mass is 16.2. The third-order valence-corrected chi connectivity index (χ3v) is 5.50. The van der Waals surface area contributed by atoms with Gasteiger partial charge in [0, 0.05) is 38.3 Å². The number of amides is 3. The first-order valence-corrected chi connectivity index (χ1v) is 9.28. The third-order valence-electron chi connectivity index (χ3n) is 5.50. The Bertz CT molecular complexity index is 417. The van der Waals surface area contributed by atoms with E-state index in [0.717, 1.165) is 51.5 Å². The number of urea groups is 1. The van der Waals surface area contributed by atoms with Crippen LogP contribution >= 0.6 is 0 Å². The van der Waals surface area contributed by atoms with E-state index in [0.29, 0.717) is 0 Å². The number of rotatable bonds is 4. The maximum atomic E-state index is 12.0. The van der Waals surface area contributed by atoms with Crippen molar-refractivity contribution in [3.8, 4) is 0 Å². The fourth-order valence-electron chi connectivity index (χ4n) is 4.15. The van der Waals surface area contributed by atoms with E-state index >= 15 is 0 Å². The van der Waals surface area contributed by atoms with Crippen molar-refractivity contribution in [3.63, 3.8) is 0 Å². The predicted octanol–water partition coefficient (Wildman–Crippen LogP) is 1.31. The van der Waals surface area contributed by atoms with Gasteiger partial charge in [0.15, 0.2) is 0 Å². The summed E-state index contributed by atoms with van der Waals surface area (Å²) in [7, 11) is 0. The standard InChI is InChI=1S/C17H30N4O2/c22-16(20-9-4-1-5-10-20)12-18-17(23)19-14-8-11-21(13-14)15-6-2-3-7-15/h14-15H,1-13H2,(H2,18,19,23)/t14-/m0/s1. The minimum atomic E-state index is -0.200. The average Bonchev–Trinajstić information content (AvgIpc) is 3.24. The minimum absolute atomic E-state index is 0.0406. The molecule has 1 aliphatic carbocycles. The van der Waals surface area contributed by atoms with E-state index in [1.54, 1.807) is 0 Å². The molecule has 2 aliphatic heterocycles. The van der Waals surface area contributed by atoms with Crippen LogP contribution in [-0.2, 0) is 4.79 Å². The molecule has 1 saturated carbocycles. The molecule has 2 N–H and O–H groups in total. The smallest absolute Gasteiger partial charge is 0.315 e. The Hall–Kier alpha value is -1.30. The lowest BCUT2D eigenvalue weighted by atomic mass is 10.1. The zero-order chi connectivity index (χ0) is 16.1. The summed E-state index contributed by atoms with van der Waals surface area (Å²) in [6.07, 6.45) is 9.69. The van der Waals surface area contributed by atoms with Crippen molar-refractivity contribution in [2.45, 2.75) is 63.5 Å². The van der Waals surface area contributed by atoms with E-state index in [4.69, 9.17) is 0 Å². The summed E-state index contributed by atoms with van der Waals surface area (Å²) in [4.78, 5) is 28.4. The minimum Gasteiger partial charge on any atom is -0.341 e. The molecule has 3 aliphatic rings. The molecule has 6 nitrogen and oxygen atoms in total. The van der Waals surface area contributed by atoms with Gasteiger partial charge >= 0.3 is 6.03 Å². The van der Waals surface area contributed by atoms with E-state index in [1.165, 1.54) is 32.1 Å². The summed E-state index contributed by atoms with van der Waals surface area (Å²) in [5.74, 6) is 0.0406. The van der Waals surface area contributed by atoms with Gasteiger partial charge in [0.2, 0.25) is 5.91 Å². The summed E-state index contributed by atoms with van der Waals surface area (Å²) in [6, 6.07) is 0.750. The monoisotopic (exact) mass is 322 g/mol. The fourth-order valence-corrected chi connectivity index (χ4v) is 4.15. The fraction of sp³-hybridized carbons (Fsp3) is 0.882. The molecule has 2 saturated heterocycles. The molecule has 2 heterocycles. The van der Waals surface area contributed by atoms with Crippen LogP contribution in [0.3, 0.4) is 0 Å². The van der Waals surface area contributed by atoms with E-state index in [1.807, 2.05) is 4.90 Å². The van der Waals surface area contributed by atoms with Crippen molar-refractivity contribution in [1.82, 2.24) is 20.4 Å². The number of likely N-dealkylation sites (tertiary alicyclic amines) is 2. The van der Waals surface area contributed by atoms with Crippen molar-refractivity contribution >= 4 is 11.9 Å². The number of carbonyl (C=O) groups is 2. The summed E-state index contributed by atoms with van der Waals surface area (Å²) in [5, 5.41) is 5.76. The van der Waals surface area contributed by atoms with Crippen LogP contribution in [0.5, 0.6) is 0 Å². The molecule has 3 rings (SSSR count). The summed E-state index contributed by atoms with van der Waals surface area (Å²) >= 11 is 0. The van der Waals surface area contributed by atoms with Gasteiger partial charge in [-0.05, 0) is 38.5 Å². The van der Waals surface area contributed by atoms with Crippen molar-refractivity contribution in [2.24, 2.45) is 0 Å².